The lowest BCUT2D eigenvalue weighted by Gasteiger charge is -2.08. The largest absolute Gasteiger partial charge is 0.482 e. The highest BCUT2D eigenvalue weighted by atomic mass is 16.6. The Hall–Kier alpha value is -2.29. The molecule has 2 aromatic carbocycles. The average Bonchev–Trinajstić information content (AvgIpc) is 2.40. The number of esters is 1. The van der Waals surface area contributed by atoms with Crippen LogP contribution in [0.25, 0.3) is 0 Å². The van der Waals surface area contributed by atoms with Crippen molar-refractivity contribution in [1.82, 2.24) is 0 Å². The van der Waals surface area contributed by atoms with Gasteiger partial charge in [0.2, 0.25) is 0 Å². The summed E-state index contributed by atoms with van der Waals surface area (Å²) in [6.07, 6.45) is 0. The molecule has 0 aliphatic rings. The van der Waals surface area contributed by atoms with Gasteiger partial charge in [-0.15, -0.1) is 0 Å². The molecule has 2 rings (SSSR count). The Kier molecular flexibility index (Phi) is 3.97. The molecule has 0 amide bonds. The Morgan fingerprint density at radius 1 is 1.00 bits per heavy atom. The van der Waals surface area contributed by atoms with Gasteiger partial charge in [0, 0.05) is 0 Å². The van der Waals surface area contributed by atoms with Crippen molar-refractivity contribution in [3.05, 3.63) is 60.2 Å². The summed E-state index contributed by atoms with van der Waals surface area (Å²) in [5.74, 6) is 0.812. The minimum absolute atomic E-state index is 0.0989. The molecule has 0 saturated carbocycles. The minimum atomic E-state index is -0.409. The molecule has 0 radical (unpaired) electrons. The molecule has 0 aliphatic heterocycles. The Morgan fingerprint density at radius 3 is 2.39 bits per heavy atom. The molecule has 0 atom stereocenters. The predicted molar refractivity (Wildman–Crippen MR) is 68.8 cm³/mol. The molecule has 0 fully saturated rings. The first-order chi connectivity index (χ1) is 8.75. The number of carbonyl (C=O) groups excluding carboxylic acids is 1. The Labute approximate surface area is 106 Å². The van der Waals surface area contributed by atoms with Crippen molar-refractivity contribution in [2.45, 2.75) is 6.92 Å². The van der Waals surface area contributed by atoms with E-state index < -0.39 is 5.97 Å². The lowest BCUT2D eigenvalue weighted by molar-refractivity contribution is -0.136. The van der Waals surface area contributed by atoms with Crippen molar-refractivity contribution in [3.8, 4) is 11.5 Å². The third-order valence-electron chi connectivity index (χ3n) is 2.42. The van der Waals surface area contributed by atoms with Crippen LogP contribution in [0.5, 0.6) is 11.5 Å². The van der Waals surface area contributed by atoms with Gasteiger partial charge in [0.25, 0.3) is 0 Å². The van der Waals surface area contributed by atoms with Gasteiger partial charge >= 0.3 is 5.97 Å². The van der Waals surface area contributed by atoms with E-state index >= 15 is 0 Å². The molecule has 0 bridgehead atoms. The standard InChI is InChI=1S/C15H14O3/c1-12-7-5-6-10-14(12)18-15(16)11-17-13-8-3-2-4-9-13/h2-10H,11H2,1H3. The first-order valence-electron chi connectivity index (χ1n) is 5.70. The second kappa shape index (κ2) is 5.87. The van der Waals surface area contributed by atoms with Crippen LogP contribution in [-0.2, 0) is 4.79 Å². The molecule has 0 aromatic heterocycles. The van der Waals surface area contributed by atoms with E-state index in [2.05, 4.69) is 0 Å². The summed E-state index contributed by atoms with van der Waals surface area (Å²) in [4.78, 5) is 11.6. The van der Waals surface area contributed by atoms with Gasteiger partial charge in [0.15, 0.2) is 6.61 Å². The number of rotatable bonds is 4. The highest BCUT2D eigenvalue weighted by Crippen LogP contribution is 2.16. The van der Waals surface area contributed by atoms with Crippen molar-refractivity contribution in [2.24, 2.45) is 0 Å². The monoisotopic (exact) mass is 242 g/mol. The third kappa shape index (κ3) is 3.35. The zero-order valence-electron chi connectivity index (χ0n) is 10.1. The minimum Gasteiger partial charge on any atom is -0.482 e. The molecule has 0 aliphatic carbocycles. The van der Waals surface area contributed by atoms with Crippen molar-refractivity contribution >= 4 is 5.97 Å². The fourth-order valence-electron chi connectivity index (χ4n) is 1.48. The summed E-state index contributed by atoms with van der Waals surface area (Å²) in [5, 5.41) is 0. The molecule has 0 spiro atoms. The number of carbonyl (C=O) groups is 1. The summed E-state index contributed by atoms with van der Waals surface area (Å²) in [5.41, 5.74) is 0.922. The normalized spacial score (nSPS) is 9.83. The first-order valence-corrected chi connectivity index (χ1v) is 5.70. The van der Waals surface area contributed by atoms with E-state index in [-0.39, 0.29) is 6.61 Å². The highest BCUT2D eigenvalue weighted by Gasteiger charge is 2.07. The smallest absolute Gasteiger partial charge is 0.349 e. The average molecular weight is 242 g/mol. The Morgan fingerprint density at radius 2 is 1.67 bits per heavy atom. The maximum atomic E-state index is 11.6. The number of aryl methyl sites for hydroxylation is 1. The van der Waals surface area contributed by atoms with Crippen LogP contribution >= 0.6 is 0 Å². The maximum Gasteiger partial charge on any atom is 0.349 e. The quantitative estimate of drug-likeness (QED) is 0.610. The van der Waals surface area contributed by atoms with E-state index in [1.165, 1.54) is 0 Å². The maximum absolute atomic E-state index is 11.6. The van der Waals surface area contributed by atoms with Crippen LogP contribution < -0.4 is 9.47 Å². The Bertz CT molecular complexity index is 520. The van der Waals surface area contributed by atoms with Gasteiger partial charge in [0.1, 0.15) is 11.5 Å². The van der Waals surface area contributed by atoms with E-state index in [9.17, 15) is 4.79 Å². The molecule has 2 aromatic rings. The summed E-state index contributed by atoms with van der Waals surface area (Å²) >= 11 is 0. The molecule has 0 saturated heterocycles. The van der Waals surface area contributed by atoms with Gasteiger partial charge in [0.05, 0.1) is 0 Å². The highest BCUT2D eigenvalue weighted by molar-refractivity contribution is 5.74. The molecule has 0 heterocycles. The number of para-hydroxylation sites is 2. The third-order valence-corrected chi connectivity index (χ3v) is 2.42. The fourth-order valence-corrected chi connectivity index (χ4v) is 1.48. The van der Waals surface area contributed by atoms with Gasteiger partial charge in [-0.3, -0.25) is 0 Å². The molecule has 92 valence electrons. The van der Waals surface area contributed by atoms with E-state index in [1.807, 2.05) is 43.3 Å². The summed E-state index contributed by atoms with van der Waals surface area (Å²) in [7, 11) is 0. The zero-order chi connectivity index (χ0) is 12.8. The number of ether oxygens (including phenoxy) is 2. The zero-order valence-corrected chi connectivity index (χ0v) is 10.1. The lowest BCUT2D eigenvalue weighted by atomic mass is 10.2. The van der Waals surface area contributed by atoms with Gasteiger partial charge in [-0.2, -0.15) is 0 Å². The van der Waals surface area contributed by atoms with Crippen molar-refractivity contribution < 1.29 is 14.3 Å². The van der Waals surface area contributed by atoms with Crippen LogP contribution in [-0.4, -0.2) is 12.6 Å². The topological polar surface area (TPSA) is 35.5 Å². The summed E-state index contributed by atoms with van der Waals surface area (Å²) in [6, 6.07) is 16.5. The molecular weight excluding hydrogens is 228 g/mol. The second-order valence-corrected chi connectivity index (χ2v) is 3.84. The molecule has 18 heavy (non-hydrogen) atoms. The predicted octanol–water partition coefficient (Wildman–Crippen LogP) is 2.98. The molecule has 3 nitrogen and oxygen atoms in total. The van der Waals surface area contributed by atoms with Crippen molar-refractivity contribution in [3.63, 3.8) is 0 Å². The number of hydrogen-bond donors (Lipinski definition) is 0. The SMILES string of the molecule is Cc1ccccc1OC(=O)COc1ccccc1. The Balaban J connectivity index is 1.88. The number of benzene rings is 2. The van der Waals surface area contributed by atoms with Crippen molar-refractivity contribution in [2.75, 3.05) is 6.61 Å². The second-order valence-electron chi connectivity index (χ2n) is 3.84. The van der Waals surface area contributed by atoms with E-state index in [1.54, 1.807) is 18.2 Å². The van der Waals surface area contributed by atoms with Crippen molar-refractivity contribution in [1.29, 1.82) is 0 Å². The molecule has 0 unspecified atom stereocenters. The summed E-state index contributed by atoms with van der Waals surface area (Å²) in [6.45, 7) is 1.79. The van der Waals surface area contributed by atoms with Gasteiger partial charge in [-0.05, 0) is 30.7 Å². The number of hydrogen-bond acceptors (Lipinski definition) is 3. The van der Waals surface area contributed by atoms with Gasteiger partial charge in [-0.25, -0.2) is 4.79 Å². The molecular formula is C15H14O3. The van der Waals surface area contributed by atoms with Gasteiger partial charge < -0.3 is 9.47 Å². The molecule has 3 heteroatoms. The van der Waals surface area contributed by atoms with Crippen LogP contribution in [0.4, 0.5) is 0 Å². The lowest BCUT2D eigenvalue weighted by Crippen LogP contribution is -2.18. The van der Waals surface area contributed by atoms with Crippen LogP contribution in [0.15, 0.2) is 54.6 Å². The van der Waals surface area contributed by atoms with Crippen LogP contribution in [0.3, 0.4) is 0 Å². The summed E-state index contributed by atoms with van der Waals surface area (Å²) < 4.78 is 10.5. The molecule has 0 N–H and O–H groups in total. The van der Waals surface area contributed by atoms with E-state index in [0.717, 1.165) is 5.56 Å². The van der Waals surface area contributed by atoms with Crippen LogP contribution in [0, 0.1) is 6.92 Å². The van der Waals surface area contributed by atoms with Gasteiger partial charge in [-0.1, -0.05) is 36.4 Å². The van der Waals surface area contributed by atoms with E-state index in [4.69, 9.17) is 9.47 Å². The van der Waals surface area contributed by atoms with Crippen LogP contribution in [0.1, 0.15) is 5.56 Å². The fraction of sp³-hybridized carbons (Fsp3) is 0.133. The van der Waals surface area contributed by atoms with Crippen LogP contribution in [0.2, 0.25) is 0 Å². The van der Waals surface area contributed by atoms with E-state index in [0.29, 0.717) is 11.5 Å². The first kappa shape index (κ1) is 12.2.